The Labute approximate surface area is 108 Å². The van der Waals surface area contributed by atoms with Crippen LogP contribution in [0.2, 0.25) is 0 Å². The van der Waals surface area contributed by atoms with Gasteiger partial charge in [0, 0.05) is 11.8 Å². The third-order valence-corrected chi connectivity index (χ3v) is 2.68. The van der Waals surface area contributed by atoms with Crippen LogP contribution < -0.4 is 4.74 Å². The fourth-order valence-electron chi connectivity index (χ4n) is 1.72. The monoisotopic (exact) mass is 239 g/mol. The van der Waals surface area contributed by atoms with Crippen LogP contribution in [0, 0.1) is 6.92 Å². The second-order valence-corrected chi connectivity index (χ2v) is 4.02. The Hall–Kier alpha value is -2.09. The van der Waals surface area contributed by atoms with E-state index in [1.807, 2.05) is 55.6 Å². The molecular weight excluding hydrogens is 222 g/mol. The number of aliphatic imine (C=N–C) groups is 1. The maximum Gasteiger partial charge on any atom is 0.128 e. The van der Waals surface area contributed by atoms with Crippen molar-refractivity contribution in [1.82, 2.24) is 0 Å². The Balaban J connectivity index is 2.26. The SMILES string of the molecule is CCOc1ccccc1C=Nc1ccccc1C. The van der Waals surface area contributed by atoms with Crippen molar-refractivity contribution in [2.75, 3.05) is 6.61 Å². The first kappa shape index (κ1) is 12.4. The second kappa shape index (κ2) is 6.01. The number of ether oxygens (including phenoxy) is 1. The highest BCUT2D eigenvalue weighted by Gasteiger charge is 1.99. The Morgan fingerprint density at radius 3 is 2.56 bits per heavy atom. The van der Waals surface area contributed by atoms with Gasteiger partial charge in [-0.1, -0.05) is 30.3 Å². The summed E-state index contributed by atoms with van der Waals surface area (Å²) in [4.78, 5) is 4.51. The fraction of sp³-hybridized carbons (Fsp3) is 0.188. The third-order valence-electron chi connectivity index (χ3n) is 2.68. The molecule has 0 saturated carbocycles. The molecular formula is C16H17NO. The number of benzene rings is 2. The van der Waals surface area contributed by atoms with Crippen molar-refractivity contribution in [1.29, 1.82) is 0 Å². The van der Waals surface area contributed by atoms with E-state index in [0.29, 0.717) is 6.61 Å². The highest BCUT2D eigenvalue weighted by Crippen LogP contribution is 2.20. The average molecular weight is 239 g/mol. The van der Waals surface area contributed by atoms with Gasteiger partial charge in [0.1, 0.15) is 5.75 Å². The minimum Gasteiger partial charge on any atom is -0.493 e. The molecule has 0 bridgehead atoms. The zero-order chi connectivity index (χ0) is 12.8. The number of rotatable bonds is 4. The molecule has 0 N–H and O–H groups in total. The van der Waals surface area contributed by atoms with Crippen molar-refractivity contribution >= 4 is 11.9 Å². The van der Waals surface area contributed by atoms with Crippen LogP contribution in [0.4, 0.5) is 5.69 Å². The fourth-order valence-corrected chi connectivity index (χ4v) is 1.72. The van der Waals surface area contributed by atoms with Crippen molar-refractivity contribution in [3.63, 3.8) is 0 Å². The van der Waals surface area contributed by atoms with Crippen molar-refractivity contribution < 1.29 is 4.74 Å². The molecule has 0 atom stereocenters. The summed E-state index contributed by atoms with van der Waals surface area (Å²) >= 11 is 0. The highest BCUT2D eigenvalue weighted by molar-refractivity contribution is 5.85. The molecule has 2 aromatic carbocycles. The smallest absolute Gasteiger partial charge is 0.128 e. The van der Waals surface area contributed by atoms with Crippen LogP contribution in [0.5, 0.6) is 5.75 Å². The van der Waals surface area contributed by atoms with Crippen LogP contribution in [0.3, 0.4) is 0 Å². The van der Waals surface area contributed by atoms with E-state index in [1.54, 1.807) is 0 Å². The summed E-state index contributed by atoms with van der Waals surface area (Å²) in [5, 5.41) is 0. The lowest BCUT2D eigenvalue weighted by atomic mass is 10.2. The van der Waals surface area contributed by atoms with Crippen molar-refractivity contribution in [2.24, 2.45) is 4.99 Å². The van der Waals surface area contributed by atoms with Crippen LogP contribution in [-0.4, -0.2) is 12.8 Å². The first-order valence-corrected chi connectivity index (χ1v) is 6.13. The Bertz CT molecular complexity index is 546. The lowest BCUT2D eigenvalue weighted by molar-refractivity contribution is 0.340. The molecule has 0 saturated heterocycles. The van der Waals surface area contributed by atoms with E-state index in [1.165, 1.54) is 5.56 Å². The number of aryl methyl sites for hydroxylation is 1. The molecule has 18 heavy (non-hydrogen) atoms. The van der Waals surface area contributed by atoms with Gasteiger partial charge in [-0.05, 0) is 37.6 Å². The van der Waals surface area contributed by atoms with E-state index >= 15 is 0 Å². The Morgan fingerprint density at radius 2 is 1.78 bits per heavy atom. The molecule has 2 nitrogen and oxygen atoms in total. The van der Waals surface area contributed by atoms with Gasteiger partial charge < -0.3 is 4.74 Å². The third kappa shape index (κ3) is 2.98. The largest absolute Gasteiger partial charge is 0.493 e. The average Bonchev–Trinajstić information content (AvgIpc) is 2.40. The van der Waals surface area contributed by atoms with Gasteiger partial charge in [-0.3, -0.25) is 4.99 Å². The highest BCUT2D eigenvalue weighted by atomic mass is 16.5. The van der Waals surface area contributed by atoms with Crippen molar-refractivity contribution in [3.8, 4) is 5.75 Å². The van der Waals surface area contributed by atoms with Gasteiger partial charge in [0.05, 0.1) is 12.3 Å². The predicted octanol–water partition coefficient (Wildman–Crippen LogP) is 4.14. The molecule has 0 amide bonds. The van der Waals surface area contributed by atoms with Crippen molar-refractivity contribution in [3.05, 3.63) is 59.7 Å². The molecule has 0 aliphatic rings. The summed E-state index contributed by atoms with van der Waals surface area (Å²) in [6.45, 7) is 4.70. The molecule has 0 aliphatic carbocycles. The summed E-state index contributed by atoms with van der Waals surface area (Å²) in [7, 11) is 0. The van der Waals surface area contributed by atoms with E-state index in [0.717, 1.165) is 17.0 Å². The first-order valence-electron chi connectivity index (χ1n) is 6.13. The van der Waals surface area contributed by atoms with Crippen molar-refractivity contribution in [2.45, 2.75) is 13.8 Å². The summed E-state index contributed by atoms with van der Waals surface area (Å²) in [6.07, 6.45) is 1.85. The summed E-state index contributed by atoms with van der Waals surface area (Å²) < 4.78 is 5.56. The van der Waals surface area contributed by atoms with Gasteiger partial charge in [0.25, 0.3) is 0 Å². The Morgan fingerprint density at radius 1 is 1.06 bits per heavy atom. The predicted molar refractivity (Wildman–Crippen MR) is 76.0 cm³/mol. The van der Waals surface area contributed by atoms with E-state index in [2.05, 4.69) is 18.0 Å². The van der Waals surface area contributed by atoms with Crippen LogP contribution in [0.15, 0.2) is 53.5 Å². The minimum absolute atomic E-state index is 0.662. The molecule has 0 fully saturated rings. The van der Waals surface area contributed by atoms with Gasteiger partial charge in [0.2, 0.25) is 0 Å². The number of nitrogens with zero attached hydrogens (tertiary/aromatic N) is 1. The first-order chi connectivity index (χ1) is 8.81. The maximum atomic E-state index is 5.56. The molecule has 2 rings (SSSR count). The van der Waals surface area contributed by atoms with E-state index in [4.69, 9.17) is 4.74 Å². The molecule has 2 aromatic rings. The Kier molecular flexibility index (Phi) is 4.13. The quantitative estimate of drug-likeness (QED) is 0.735. The van der Waals surface area contributed by atoms with E-state index < -0.39 is 0 Å². The van der Waals surface area contributed by atoms with Gasteiger partial charge in [-0.2, -0.15) is 0 Å². The van der Waals surface area contributed by atoms with Crippen LogP contribution in [0.1, 0.15) is 18.1 Å². The summed E-state index contributed by atoms with van der Waals surface area (Å²) in [5.41, 5.74) is 3.16. The van der Waals surface area contributed by atoms with E-state index in [9.17, 15) is 0 Å². The standard InChI is InChI=1S/C16H17NO/c1-3-18-16-11-7-5-9-14(16)12-17-15-10-6-4-8-13(15)2/h4-12H,3H2,1-2H3. The zero-order valence-corrected chi connectivity index (χ0v) is 10.8. The molecule has 0 unspecified atom stereocenters. The molecule has 0 aromatic heterocycles. The molecule has 0 spiro atoms. The normalized spacial score (nSPS) is 10.8. The topological polar surface area (TPSA) is 21.6 Å². The van der Waals surface area contributed by atoms with E-state index in [-0.39, 0.29) is 0 Å². The molecule has 0 heterocycles. The second-order valence-electron chi connectivity index (χ2n) is 4.02. The van der Waals surface area contributed by atoms with Crippen LogP contribution in [0.25, 0.3) is 0 Å². The molecule has 2 heteroatoms. The van der Waals surface area contributed by atoms with Gasteiger partial charge >= 0.3 is 0 Å². The number of para-hydroxylation sites is 2. The summed E-state index contributed by atoms with van der Waals surface area (Å²) in [6, 6.07) is 16.0. The van der Waals surface area contributed by atoms with Gasteiger partial charge in [0.15, 0.2) is 0 Å². The lowest BCUT2D eigenvalue weighted by Gasteiger charge is -2.06. The number of hydrogen-bond acceptors (Lipinski definition) is 2. The molecule has 0 aliphatic heterocycles. The number of hydrogen-bond donors (Lipinski definition) is 0. The van der Waals surface area contributed by atoms with Gasteiger partial charge in [-0.15, -0.1) is 0 Å². The van der Waals surface area contributed by atoms with Crippen LogP contribution in [-0.2, 0) is 0 Å². The molecule has 0 radical (unpaired) electrons. The molecule has 92 valence electrons. The van der Waals surface area contributed by atoms with Crippen LogP contribution >= 0.6 is 0 Å². The zero-order valence-electron chi connectivity index (χ0n) is 10.8. The lowest BCUT2D eigenvalue weighted by Crippen LogP contribution is -1.95. The summed E-state index contributed by atoms with van der Waals surface area (Å²) in [5.74, 6) is 0.873. The maximum absolute atomic E-state index is 5.56. The minimum atomic E-state index is 0.662. The van der Waals surface area contributed by atoms with Gasteiger partial charge in [-0.25, -0.2) is 0 Å².